The first-order valence-corrected chi connectivity index (χ1v) is 8.74. The number of nitrogens with zero attached hydrogens (tertiary/aromatic N) is 1. The summed E-state index contributed by atoms with van der Waals surface area (Å²) in [5.41, 5.74) is 0. The Kier molecular flexibility index (Phi) is 3.59. The Labute approximate surface area is 140 Å². The lowest BCUT2D eigenvalue weighted by Crippen LogP contribution is -2.59. The lowest BCUT2D eigenvalue weighted by molar-refractivity contribution is -0.816. The van der Waals surface area contributed by atoms with Gasteiger partial charge in [0.15, 0.2) is 0 Å². The second-order valence-corrected chi connectivity index (χ2v) is 7.61. The summed E-state index contributed by atoms with van der Waals surface area (Å²) in [6.45, 7) is 3.26. The van der Waals surface area contributed by atoms with E-state index in [9.17, 15) is 0 Å². The van der Waals surface area contributed by atoms with Crippen molar-refractivity contribution in [2.45, 2.75) is 6.10 Å². The van der Waals surface area contributed by atoms with Gasteiger partial charge < -0.3 is 23.1 Å². The highest BCUT2D eigenvalue weighted by molar-refractivity contribution is 9.11. The molecule has 5 nitrogen and oxygen atoms in total. The van der Waals surface area contributed by atoms with Crippen molar-refractivity contribution in [1.82, 2.24) is 0 Å². The summed E-state index contributed by atoms with van der Waals surface area (Å²) in [6, 6.07) is 5.87. The summed E-state index contributed by atoms with van der Waals surface area (Å²) in [6.07, 6.45) is 0.0150. The molecule has 1 aromatic rings. The summed E-state index contributed by atoms with van der Waals surface area (Å²) in [4.78, 5) is 0. The van der Waals surface area contributed by atoms with Crippen LogP contribution in [0.5, 0.6) is 5.75 Å². The molecule has 3 saturated heterocycles. The molecule has 3 aliphatic rings. The van der Waals surface area contributed by atoms with Gasteiger partial charge >= 0.3 is 6.89 Å². The molecule has 0 radical (unpaired) electrons. The molecule has 0 amide bonds. The average Bonchev–Trinajstić information content (AvgIpc) is 2.98. The van der Waals surface area contributed by atoms with Gasteiger partial charge in [0.25, 0.3) is 0 Å². The first-order chi connectivity index (χ1) is 10.1. The highest BCUT2D eigenvalue weighted by Crippen LogP contribution is 2.41. The zero-order valence-corrected chi connectivity index (χ0v) is 14.6. The maximum Gasteiger partial charge on any atom is 0.625 e. The summed E-state index contributed by atoms with van der Waals surface area (Å²) < 4.78 is 26.4. The maximum atomic E-state index is 6.11. The quantitative estimate of drug-likeness (QED) is 0.703. The van der Waals surface area contributed by atoms with E-state index in [0.717, 1.165) is 51.9 Å². The van der Waals surface area contributed by atoms with Crippen molar-refractivity contribution in [1.29, 1.82) is 0 Å². The van der Waals surface area contributed by atoms with Crippen LogP contribution >= 0.6 is 31.9 Å². The Balaban J connectivity index is 1.43. The first-order valence-electron chi connectivity index (χ1n) is 7.15. The monoisotopic (exact) mass is 419 g/mol. The summed E-state index contributed by atoms with van der Waals surface area (Å²) >= 11 is 6.94. The topological polar surface area (TPSA) is 36.9 Å². The molecule has 4 rings (SSSR count). The normalized spacial score (nSPS) is 37.5. The summed E-state index contributed by atoms with van der Waals surface area (Å²) in [5, 5.41) is 0. The van der Waals surface area contributed by atoms with Crippen molar-refractivity contribution < 1.29 is 23.1 Å². The smallest absolute Gasteiger partial charge is 0.490 e. The second-order valence-electron chi connectivity index (χ2n) is 5.84. The molecule has 1 aromatic carbocycles. The highest BCUT2D eigenvalue weighted by atomic mass is 79.9. The third-order valence-corrected chi connectivity index (χ3v) is 5.76. The molecule has 21 heavy (non-hydrogen) atoms. The van der Waals surface area contributed by atoms with E-state index in [1.807, 2.05) is 18.2 Å². The number of hydrogen-bond acceptors (Lipinski definition) is 4. The van der Waals surface area contributed by atoms with Crippen LogP contribution in [0.2, 0.25) is 0 Å². The van der Waals surface area contributed by atoms with E-state index in [1.165, 1.54) is 0 Å². The largest absolute Gasteiger partial charge is 0.625 e. The third-order valence-electron chi connectivity index (χ3n) is 4.65. The van der Waals surface area contributed by atoms with E-state index in [0.29, 0.717) is 6.61 Å². The molecule has 0 bridgehead atoms. The molecule has 0 unspecified atom stereocenters. The number of hydrogen-bond donors (Lipinski definition) is 0. The number of halogens is 2. The molecule has 0 aliphatic carbocycles. The fourth-order valence-corrected chi connectivity index (χ4v) is 4.80. The first kappa shape index (κ1) is 14.5. The minimum atomic E-state index is -1.58. The molecule has 0 aromatic heterocycles. The van der Waals surface area contributed by atoms with Gasteiger partial charge in [0.05, 0.1) is 37.3 Å². The Morgan fingerprint density at radius 1 is 1.24 bits per heavy atom. The van der Waals surface area contributed by atoms with Crippen molar-refractivity contribution in [3.05, 3.63) is 27.1 Å². The predicted molar refractivity (Wildman–Crippen MR) is 84.7 cm³/mol. The lowest BCUT2D eigenvalue weighted by Gasteiger charge is -2.37. The van der Waals surface area contributed by atoms with Gasteiger partial charge in [-0.25, -0.2) is 0 Å². The van der Waals surface area contributed by atoms with Gasteiger partial charge in [0.1, 0.15) is 18.5 Å². The van der Waals surface area contributed by atoms with Crippen molar-refractivity contribution in [3.8, 4) is 5.75 Å². The van der Waals surface area contributed by atoms with Gasteiger partial charge in [-0.3, -0.25) is 0 Å². The molecule has 8 heteroatoms. The fourth-order valence-electron chi connectivity index (χ4n) is 3.64. The molecular formula is C13H16BBr2NO4. The zero-order valence-electron chi connectivity index (χ0n) is 11.5. The van der Waals surface area contributed by atoms with Crippen molar-refractivity contribution >= 4 is 38.7 Å². The van der Waals surface area contributed by atoms with E-state index in [-0.39, 0.29) is 6.10 Å². The number of ether oxygens (including phenoxy) is 1. The van der Waals surface area contributed by atoms with Crippen LogP contribution in [0.25, 0.3) is 0 Å². The van der Waals surface area contributed by atoms with E-state index in [4.69, 9.17) is 18.7 Å². The highest BCUT2D eigenvalue weighted by Gasteiger charge is 2.66. The van der Waals surface area contributed by atoms with E-state index in [1.54, 1.807) is 0 Å². The van der Waals surface area contributed by atoms with Gasteiger partial charge in [-0.1, -0.05) is 15.9 Å². The average molecular weight is 421 g/mol. The molecule has 0 spiro atoms. The van der Waals surface area contributed by atoms with E-state index < -0.39 is 6.89 Å². The van der Waals surface area contributed by atoms with Gasteiger partial charge in [-0.15, -0.1) is 0 Å². The number of rotatable bonds is 3. The van der Waals surface area contributed by atoms with Gasteiger partial charge in [-0.2, -0.15) is 0 Å². The van der Waals surface area contributed by atoms with Crippen LogP contribution in [0, 0.1) is 0 Å². The minimum absolute atomic E-state index is 0.0150. The standard InChI is InChI=1S/C13H16BBr2NO4/c15-10-1-2-13(12(16)7-10)18-9-11-8-17-3-5-19-14(17,21-11)20-6-4-17/h1-2,7,11H,3-6,8-9H2/t11-,14?,17?/m1/s1. The zero-order chi connectivity index (χ0) is 14.5. The van der Waals surface area contributed by atoms with Crippen LogP contribution in [0.3, 0.4) is 0 Å². The molecule has 1 atom stereocenters. The van der Waals surface area contributed by atoms with Gasteiger partial charge in [-0.05, 0) is 34.1 Å². The second kappa shape index (κ2) is 5.21. The van der Waals surface area contributed by atoms with Crippen LogP contribution in [0.1, 0.15) is 0 Å². The van der Waals surface area contributed by atoms with Gasteiger partial charge in [0, 0.05) is 4.47 Å². The molecule has 0 saturated carbocycles. The molecule has 0 N–H and O–H groups in total. The molecule has 3 fully saturated rings. The Bertz CT molecular complexity index is 543. The van der Waals surface area contributed by atoms with Crippen LogP contribution in [-0.2, 0) is 14.0 Å². The van der Waals surface area contributed by atoms with Crippen LogP contribution in [0.15, 0.2) is 27.1 Å². The Morgan fingerprint density at radius 3 is 2.67 bits per heavy atom. The predicted octanol–water partition coefficient (Wildman–Crippen LogP) is 2.30. The number of quaternary nitrogens is 1. The summed E-state index contributed by atoms with van der Waals surface area (Å²) in [7, 11) is 0. The number of benzene rings is 1. The molecule has 114 valence electrons. The molecule has 3 aliphatic heterocycles. The Morgan fingerprint density at radius 2 is 2.00 bits per heavy atom. The van der Waals surface area contributed by atoms with Crippen molar-refractivity contribution in [2.24, 2.45) is 0 Å². The van der Waals surface area contributed by atoms with Crippen LogP contribution in [0.4, 0.5) is 0 Å². The fraction of sp³-hybridized carbons (Fsp3) is 0.538. The van der Waals surface area contributed by atoms with Crippen molar-refractivity contribution in [3.63, 3.8) is 0 Å². The van der Waals surface area contributed by atoms with Crippen LogP contribution < -0.4 is 4.74 Å². The maximum absolute atomic E-state index is 6.11. The lowest BCUT2D eigenvalue weighted by atomic mass is 9.94. The molecular weight excluding hydrogens is 405 g/mol. The SMILES string of the molecule is Brc1ccc(OC[C@H]2C[N+]34CCO[B-]3(OCC4)O2)c(Br)c1. The van der Waals surface area contributed by atoms with Crippen molar-refractivity contribution in [2.75, 3.05) is 39.5 Å². The Hall–Kier alpha value is -0.115. The van der Waals surface area contributed by atoms with Crippen LogP contribution in [-0.4, -0.2) is 56.8 Å². The van der Waals surface area contributed by atoms with E-state index >= 15 is 0 Å². The molecule has 3 heterocycles. The minimum Gasteiger partial charge on any atom is -0.490 e. The van der Waals surface area contributed by atoms with E-state index in [2.05, 4.69) is 31.9 Å². The third kappa shape index (κ3) is 2.27. The van der Waals surface area contributed by atoms with Gasteiger partial charge in [0.2, 0.25) is 0 Å². The summed E-state index contributed by atoms with van der Waals surface area (Å²) in [5.74, 6) is 0.820.